The van der Waals surface area contributed by atoms with Gasteiger partial charge in [0.1, 0.15) is 12.6 Å². The average Bonchev–Trinajstić information content (AvgIpc) is 3.08. The summed E-state index contributed by atoms with van der Waals surface area (Å²) in [6.45, 7) is -0.830. The number of nitrogens with one attached hydrogen (secondary N) is 1. The number of carbonyl (C=O) groups is 2. The number of rotatable bonds is 12. The first-order valence-electron chi connectivity index (χ1n) is 15.6. The highest BCUT2D eigenvalue weighted by Gasteiger charge is 2.36. The third kappa shape index (κ3) is 8.84. The van der Waals surface area contributed by atoms with E-state index in [-0.39, 0.29) is 40.5 Å². The first-order chi connectivity index (χ1) is 23.0. The predicted octanol–water partition coefficient (Wildman–Crippen LogP) is 8.58. The summed E-state index contributed by atoms with van der Waals surface area (Å²) in [4.78, 5) is 30.3. The number of halogens is 4. The summed E-state index contributed by atoms with van der Waals surface area (Å²) >= 11 is 25.9. The molecule has 0 unspecified atom stereocenters. The largest absolute Gasteiger partial charge is 0.352 e. The molecule has 0 aliphatic heterocycles. The van der Waals surface area contributed by atoms with Crippen molar-refractivity contribution in [2.45, 2.75) is 62.0 Å². The van der Waals surface area contributed by atoms with Crippen molar-refractivity contribution in [3.8, 4) is 0 Å². The first kappa shape index (κ1) is 36.0. The molecule has 0 aromatic heterocycles. The minimum absolute atomic E-state index is 0.0337. The highest BCUT2D eigenvalue weighted by atomic mass is 35.5. The van der Waals surface area contributed by atoms with Crippen LogP contribution >= 0.6 is 46.4 Å². The molecule has 1 fully saturated rings. The molecule has 2 amide bonds. The van der Waals surface area contributed by atoms with Crippen LogP contribution in [0.3, 0.4) is 0 Å². The van der Waals surface area contributed by atoms with Crippen molar-refractivity contribution >= 4 is 73.9 Å². The first-order valence-corrected chi connectivity index (χ1v) is 18.6. The fraction of sp³-hybridized carbons (Fsp3) is 0.278. The average molecular weight is 748 g/mol. The highest BCUT2D eigenvalue weighted by molar-refractivity contribution is 7.92. The van der Waals surface area contributed by atoms with Crippen LogP contribution in [0.5, 0.6) is 0 Å². The van der Waals surface area contributed by atoms with Crippen LogP contribution in [0.15, 0.2) is 102 Å². The molecule has 4 aromatic rings. The summed E-state index contributed by atoms with van der Waals surface area (Å²) in [5, 5.41) is 4.12. The molecule has 1 aliphatic carbocycles. The van der Waals surface area contributed by atoms with Crippen molar-refractivity contribution in [1.29, 1.82) is 0 Å². The predicted molar refractivity (Wildman–Crippen MR) is 193 cm³/mol. The third-order valence-electron chi connectivity index (χ3n) is 8.40. The minimum Gasteiger partial charge on any atom is -0.352 e. The molecule has 1 aliphatic rings. The molecule has 0 spiro atoms. The van der Waals surface area contributed by atoms with Crippen LogP contribution in [0.2, 0.25) is 20.1 Å². The molecular formula is C36H35Cl4N3O4S. The lowest BCUT2D eigenvalue weighted by Gasteiger charge is -2.35. The van der Waals surface area contributed by atoms with Gasteiger partial charge >= 0.3 is 0 Å². The van der Waals surface area contributed by atoms with E-state index in [9.17, 15) is 18.0 Å². The highest BCUT2D eigenvalue weighted by Crippen LogP contribution is 2.34. The Balaban J connectivity index is 1.60. The van der Waals surface area contributed by atoms with Gasteiger partial charge < -0.3 is 10.2 Å². The van der Waals surface area contributed by atoms with E-state index in [1.165, 1.54) is 35.2 Å². The van der Waals surface area contributed by atoms with E-state index in [1.807, 2.05) is 30.3 Å². The molecule has 12 heteroatoms. The number of nitrogens with zero attached hydrogens (tertiary/aromatic N) is 2. The third-order valence-corrected chi connectivity index (χ3v) is 11.4. The van der Waals surface area contributed by atoms with Crippen molar-refractivity contribution in [3.05, 3.63) is 128 Å². The van der Waals surface area contributed by atoms with Gasteiger partial charge in [0, 0.05) is 39.6 Å². The molecule has 7 nitrogen and oxygen atoms in total. The number of hydrogen-bond acceptors (Lipinski definition) is 4. The van der Waals surface area contributed by atoms with E-state index in [0.29, 0.717) is 20.6 Å². The van der Waals surface area contributed by atoms with Gasteiger partial charge in [-0.1, -0.05) is 120 Å². The van der Waals surface area contributed by atoms with Crippen LogP contribution in [0, 0.1) is 0 Å². The maximum Gasteiger partial charge on any atom is 0.264 e. The van der Waals surface area contributed by atoms with Crippen LogP contribution in [0.1, 0.15) is 43.2 Å². The molecule has 0 saturated heterocycles. The van der Waals surface area contributed by atoms with Crippen molar-refractivity contribution in [1.82, 2.24) is 10.2 Å². The summed E-state index contributed by atoms with van der Waals surface area (Å²) in [5.74, 6) is -1.000. The van der Waals surface area contributed by atoms with Gasteiger partial charge in [0.25, 0.3) is 10.0 Å². The second-order valence-corrected chi connectivity index (χ2v) is 15.2. The molecule has 5 rings (SSSR count). The lowest BCUT2D eigenvalue weighted by molar-refractivity contribution is -0.140. The minimum atomic E-state index is -4.33. The van der Waals surface area contributed by atoms with Crippen molar-refractivity contribution < 1.29 is 18.0 Å². The zero-order valence-corrected chi connectivity index (χ0v) is 29.8. The molecule has 48 heavy (non-hydrogen) atoms. The van der Waals surface area contributed by atoms with Gasteiger partial charge in [-0.3, -0.25) is 13.9 Å². The molecule has 252 valence electrons. The Kier molecular flexibility index (Phi) is 12.3. The van der Waals surface area contributed by atoms with E-state index < -0.39 is 28.5 Å². The molecule has 1 N–H and O–H groups in total. The standard InChI is InChI=1S/C36H35Cl4N3O4S/c37-26-19-20-33(32(40)22-26)43(48(46,47)28-15-8-3-9-16-28)24-35(44)42(23-29-30(38)17-10-18-31(29)39)34(21-25-11-4-1-5-12-25)36(45)41-27-13-6-2-7-14-27/h1,3-5,8-12,15-20,22,27,34H,2,6-7,13-14,21,23-24H2,(H,41,45)/t34-/m0/s1. The lowest BCUT2D eigenvalue weighted by Crippen LogP contribution is -2.55. The lowest BCUT2D eigenvalue weighted by atomic mass is 9.94. The van der Waals surface area contributed by atoms with Gasteiger partial charge in [-0.2, -0.15) is 0 Å². The Labute approximate surface area is 301 Å². The number of anilines is 1. The smallest absolute Gasteiger partial charge is 0.264 e. The number of benzene rings is 4. The van der Waals surface area contributed by atoms with Crippen LogP contribution in [0.4, 0.5) is 5.69 Å². The second-order valence-electron chi connectivity index (χ2n) is 11.7. The zero-order valence-electron chi connectivity index (χ0n) is 26.0. The Bertz CT molecular complexity index is 1820. The second kappa shape index (κ2) is 16.4. The molecule has 4 aromatic carbocycles. The van der Waals surface area contributed by atoms with E-state index >= 15 is 0 Å². The topological polar surface area (TPSA) is 86.8 Å². The number of sulfonamides is 1. The summed E-state index contributed by atoms with van der Waals surface area (Å²) in [7, 11) is -4.33. The van der Waals surface area contributed by atoms with E-state index in [4.69, 9.17) is 46.4 Å². The van der Waals surface area contributed by atoms with Gasteiger partial charge in [0.15, 0.2) is 0 Å². The fourth-order valence-corrected chi connectivity index (χ4v) is 8.40. The fourth-order valence-electron chi connectivity index (χ4n) is 5.87. The quantitative estimate of drug-likeness (QED) is 0.157. The molecule has 1 saturated carbocycles. The van der Waals surface area contributed by atoms with Crippen LogP contribution in [-0.2, 0) is 32.6 Å². The molecule has 1 atom stereocenters. The van der Waals surface area contributed by atoms with Gasteiger partial charge in [0.05, 0.1) is 15.6 Å². The van der Waals surface area contributed by atoms with E-state index in [1.54, 1.807) is 36.4 Å². The summed E-state index contributed by atoms with van der Waals surface area (Å²) in [6, 6.07) is 25.4. The normalized spacial score (nSPS) is 14.2. The van der Waals surface area contributed by atoms with Crippen LogP contribution in [0.25, 0.3) is 0 Å². The monoisotopic (exact) mass is 745 g/mol. The van der Waals surface area contributed by atoms with Gasteiger partial charge in [-0.05, 0) is 60.9 Å². The number of amides is 2. The van der Waals surface area contributed by atoms with Crippen LogP contribution in [-0.4, -0.2) is 43.8 Å². The Morgan fingerprint density at radius 2 is 1.40 bits per heavy atom. The number of carbonyl (C=O) groups excluding carboxylic acids is 2. The SMILES string of the molecule is O=C(NC1CCCCC1)[C@H](Cc1ccccc1)N(Cc1c(Cl)cccc1Cl)C(=O)CN(c1ccc(Cl)cc1Cl)S(=O)(=O)c1ccccc1. The summed E-state index contributed by atoms with van der Waals surface area (Å²) in [6.07, 6.45) is 4.95. The van der Waals surface area contributed by atoms with Gasteiger partial charge in [-0.25, -0.2) is 8.42 Å². The Hall–Kier alpha value is -3.27. The van der Waals surface area contributed by atoms with Crippen LogP contribution < -0.4 is 9.62 Å². The molecular weight excluding hydrogens is 712 g/mol. The van der Waals surface area contributed by atoms with Gasteiger partial charge in [-0.15, -0.1) is 0 Å². The summed E-state index contributed by atoms with van der Waals surface area (Å²) in [5.41, 5.74) is 1.30. The molecule has 0 heterocycles. The number of hydrogen-bond donors (Lipinski definition) is 1. The van der Waals surface area contributed by atoms with Crippen molar-refractivity contribution in [3.63, 3.8) is 0 Å². The van der Waals surface area contributed by atoms with E-state index in [2.05, 4.69) is 5.32 Å². The maximum absolute atomic E-state index is 14.7. The van der Waals surface area contributed by atoms with Crippen molar-refractivity contribution in [2.24, 2.45) is 0 Å². The van der Waals surface area contributed by atoms with Gasteiger partial charge in [0.2, 0.25) is 11.8 Å². The Morgan fingerprint density at radius 3 is 2.02 bits per heavy atom. The van der Waals surface area contributed by atoms with Crippen molar-refractivity contribution in [2.75, 3.05) is 10.8 Å². The Morgan fingerprint density at radius 1 is 0.771 bits per heavy atom. The summed E-state index contributed by atoms with van der Waals surface area (Å²) < 4.78 is 29.3. The molecule has 0 radical (unpaired) electrons. The van der Waals surface area contributed by atoms with E-state index in [0.717, 1.165) is 42.0 Å². The maximum atomic E-state index is 14.7. The molecule has 0 bridgehead atoms. The zero-order chi connectivity index (χ0) is 34.3.